The molecule has 0 aliphatic rings. The van der Waals surface area contributed by atoms with Crippen molar-refractivity contribution in [1.29, 1.82) is 0 Å². The summed E-state index contributed by atoms with van der Waals surface area (Å²) in [7, 11) is 0. The van der Waals surface area contributed by atoms with Crippen molar-refractivity contribution in [2.45, 2.75) is 13.0 Å². The highest BCUT2D eigenvalue weighted by molar-refractivity contribution is 5.79. The molecule has 0 aliphatic carbocycles. The van der Waals surface area contributed by atoms with Gasteiger partial charge in [-0.25, -0.2) is 5.06 Å². The van der Waals surface area contributed by atoms with Crippen LogP contribution in [0.25, 0.3) is 0 Å². The molecule has 0 rings (SSSR count). The third kappa shape index (κ3) is 2.61. The summed E-state index contributed by atoms with van der Waals surface area (Å²) in [5.74, 6) is -0.722. The molecule has 0 radical (unpaired) electrons. The van der Waals surface area contributed by atoms with Crippen LogP contribution in [0, 0.1) is 0 Å². The second kappa shape index (κ2) is 4.03. The number of aliphatic hydroxyl groups excluding tert-OH is 1. The predicted octanol–water partition coefficient (Wildman–Crippen LogP) is -0.229. The number of aliphatic hydroxyl groups is 1. The summed E-state index contributed by atoms with van der Waals surface area (Å²) < 4.78 is 0. The first-order valence-corrected chi connectivity index (χ1v) is 2.88. The summed E-state index contributed by atoms with van der Waals surface area (Å²) in [6.45, 7) is 4.62. The Hall–Kier alpha value is -0.870. The summed E-state index contributed by atoms with van der Waals surface area (Å²) in [6.07, 6.45) is 0.199. The van der Waals surface area contributed by atoms with Gasteiger partial charge in [0.15, 0.2) is 0 Å². The van der Waals surface area contributed by atoms with E-state index in [0.29, 0.717) is 5.06 Å². The van der Waals surface area contributed by atoms with Gasteiger partial charge in [0, 0.05) is 0 Å². The first-order chi connectivity index (χ1) is 4.59. The SMILES string of the molecule is C=CCN(O)C(=O)C(C)O. The molecule has 0 bridgehead atoms. The normalized spacial score (nSPS) is 12.3. The minimum Gasteiger partial charge on any atom is -0.383 e. The Morgan fingerprint density at radius 2 is 2.40 bits per heavy atom. The standard InChI is InChI=1S/C6H11NO3/c1-3-4-7(10)6(9)5(2)8/h3,5,8,10H,1,4H2,2H3. The van der Waals surface area contributed by atoms with E-state index in [2.05, 4.69) is 6.58 Å². The molecule has 1 atom stereocenters. The Balaban J connectivity index is 3.81. The number of nitrogens with zero attached hydrogens (tertiary/aromatic N) is 1. The number of hydrogen-bond donors (Lipinski definition) is 2. The highest BCUT2D eigenvalue weighted by atomic mass is 16.5. The Bertz CT molecular complexity index is 133. The molecule has 0 heterocycles. The van der Waals surface area contributed by atoms with Crippen LogP contribution in [0.1, 0.15) is 6.92 Å². The maximum Gasteiger partial charge on any atom is 0.274 e. The molecule has 58 valence electrons. The fourth-order valence-electron chi connectivity index (χ4n) is 0.428. The van der Waals surface area contributed by atoms with Crippen LogP contribution in [0.3, 0.4) is 0 Å². The fourth-order valence-corrected chi connectivity index (χ4v) is 0.428. The van der Waals surface area contributed by atoms with E-state index in [1.165, 1.54) is 13.0 Å². The van der Waals surface area contributed by atoms with Crippen molar-refractivity contribution < 1.29 is 15.1 Å². The highest BCUT2D eigenvalue weighted by Crippen LogP contribution is 1.89. The van der Waals surface area contributed by atoms with Gasteiger partial charge in [-0.2, -0.15) is 0 Å². The number of hydroxylamine groups is 2. The largest absolute Gasteiger partial charge is 0.383 e. The van der Waals surface area contributed by atoms with Crippen LogP contribution in [0.4, 0.5) is 0 Å². The van der Waals surface area contributed by atoms with E-state index in [1.807, 2.05) is 0 Å². The third-order valence-corrected chi connectivity index (χ3v) is 0.914. The zero-order chi connectivity index (χ0) is 8.15. The molecule has 0 spiro atoms. The third-order valence-electron chi connectivity index (χ3n) is 0.914. The molecule has 4 heteroatoms. The second-order valence-electron chi connectivity index (χ2n) is 1.88. The van der Waals surface area contributed by atoms with Crippen molar-refractivity contribution in [3.8, 4) is 0 Å². The predicted molar refractivity (Wildman–Crippen MR) is 35.4 cm³/mol. The van der Waals surface area contributed by atoms with E-state index in [-0.39, 0.29) is 6.54 Å². The van der Waals surface area contributed by atoms with Gasteiger partial charge in [-0.3, -0.25) is 10.0 Å². The van der Waals surface area contributed by atoms with Crippen molar-refractivity contribution in [3.63, 3.8) is 0 Å². The van der Waals surface area contributed by atoms with Crippen molar-refractivity contribution in [3.05, 3.63) is 12.7 Å². The smallest absolute Gasteiger partial charge is 0.274 e. The average Bonchev–Trinajstić information content (AvgIpc) is 1.87. The molecule has 4 nitrogen and oxygen atoms in total. The summed E-state index contributed by atoms with van der Waals surface area (Å²) in [5.41, 5.74) is 0. The van der Waals surface area contributed by atoms with Crippen LogP contribution in [0.2, 0.25) is 0 Å². The molecule has 0 aromatic rings. The quantitative estimate of drug-likeness (QED) is 0.327. The van der Waals surface area contributed by atoms with Gasteiger partial charge in [-0.05, 0) is 6.92 Å². The van der Waals surface area contributed by atoms with E-state index in [1.54, 1.807) is 0 Å². The van der Waals surface area contributed by atoms with Gasteiger partial charge in [0.05, 0.1) is 6.54 Å². The van der Waals surface area contributed by atoms with E-state index < -0.39 is 12.0 Å². The summed E-state index contributed by atoms with van der Waals surface area (Å²) in [4.78, 5) is 10.6. The Kier molecular flexibility index (Phi) is 3.68. The van der Waals surface area contributed by atoms with Gasteiger partial charge in [-0.1, -0.05) is 6.08 Å². The van der Waals surface area contributed by atoms with Crippen LogP contribution in [-0.4, -0.2) is 33.9 Å². The van der Waals surface area contributed by atoms with Gasteiger partial charge < -0.3 is 5.11 Å². The number of carbonyl (C=O) groups is 1. The topological polar surface area (TPSA) is 60.8 Å². The maximum atomic E-state index is 10.6. The van der Waals surface area contributed by atoms with Crippen LogP contribution in [-0.2, 0) is 4.79 Å². The minimum absolute atomic E-state index is 0.0315. The molecular formula is C6H11NO3. The van der Waals surface area contributed by atoms with Gasteiger partial charge in [-0.15, -0.1) is 6.58 Å². The Labute approximate surface area is 59.3 Å². The zero-order valence-corrected chi connectivity index (χ0v) is 5.82. The van der Waals surface area contributed by atoms with E-state index in [4.69, 9.17) is 10.3 Å². The number of amides is 1. The number of carbonyl (C=O) groups excluding carboxylic acids is 1. The summed E-state index contributed by atoms with van der Waals surface area (Å²) in [5, 5.41) is 17.8. The van der Waals surface area contributed by atoms with Gasteiger partial charge >= 0.3 is 0 Å². The number of rotatable bonds is 3. The molecular weight excluding hydrogens is 134 g/mol. The van der Waals surface area contributed by atoms with Crippen molar-refractivity contribution >= 4 is 5.91 Å². The lowest BCUT2D eigenvalue weighted by Crippen LogP contribution is -2.35. The van der Waals surface area contributed by atoms with Gasteiger partial charge in [0.1, 0.15) is 6.10 Å². The monoisotopic (exact) mass is 145 g/mol. The highest BCUT2D eigenvalue weighted by Gasteiger charge is 2.14. The lowest BCUT2D eigenvalue weighted by Gasteiger charge is -2.13. The molecule has 0 saturated carbocycles. The first kappa shape index (κ1) is 9.13. The molecule has 0 saturated heterocycles. The molecule has 0 aliphatic heterocycles. The van der Waals surface area contributed by atoms with Crippen LogP contribution < -0.4 is 0 Å². The summed E-state index contributed by atoms with van der Waals surface area (Å²) >= 11 is 0. The molecule has 1 unspecified atom stereocenters. The molecule has 0 fully saturated rings. The van der Waals surface area contributed by atoms with Crippen LogP contribution >= 0.6 is 0 Å². The van der Waals surface area contributed by atoms with Crippen molar-refractivity contribution in [1.82, 2.24) is 5.06 Å². The van der Waals surface area contributed by atoms with E-state index in [0.717, 1.165) is 0 Å². The van der Waals surface area contributed by atoms with Crippen molar-refractivity contribution in [2.75, 3.05) is 6.54 Å². The molecule has 10 heavy (non-hydrogen) atoms. The fraction of sp³-hybridized carbons (Fsp3) is 0.500. The van der Waals surface area contributed by atoms with Crippen LogP contribution in [0.15, 0.2) is 12.7 Å². The van der Waals surface area contributed by atoms with E-state index in [9.17, 15) is 4.79 Å². The first-order valence-electron chi connectivity index (χ1n) is 2.88. The van der Waals surface area contributed by atoms with E-state index >= 15 is 0 Å². The average molecular weight is 145 g/mol. The molecule has 2 N–H and O–H groups in total. The Morgan fingerprint density at radius 1 is 1.90 bits per heavy atom. The Morgan fingerprint density at radius 3 is 2.70 bits per heavy atom. The zero-order valence-electron chi connectivity index (χ0n) is 5.82. The molecule has 1 amide bonds. The maximum absolute atomic E-state index is 10.6. The summed E-state index contributed by atoms with van der Waals surface area (Å²) in [6, 6.07) is 0. The van der Waals surface area contributed by atoms with Crippen molar-refractivity contribution in [2.24, 2.45) is 0 Å². The second-order valence-corrected chi connectivity index (χ2v) is 1.88. The lowest BCUT2D eigenvalue weighted by molar-refractivity contribution is -0.171. The molecule has 0 aromatic carbocycles. The van der Waals surface area contributed by atoms with Gasteiger partial charge in [0.2, 0.25) is 0 Å². The van der Waals surface area contributed by atoms with Gasteiger partial charge in [0.25, 0.3) is 5.91 Å². The number of hydrogen-bond acceptors (Lipinski definition) is 3. The van der Waals surface area contributed by atoms with Crippen LogP contribution in [0.5, 0.6) is 0 Å². The molecule has 0 aromatic heterocycles. The minimum atomic E-state index is -1.16. The lowest BCUT2D eigenvalue weighted by atomic mass is 10.4.